The molecule has 5 nitrogen and oxygen atoms in total. The van der Waals surface area contributed by atoms with Crippen LogP contribution in [0.3, 0.4) is 0 Å². The van der Waals surface area contributed by atoms with Crippen LogP contribution in [0.5, 0.6) is 0 Å². The monoisotopic (exact) mass is 267 g/mol. The van der Waals surface area contributed by atoms with Crippen LogP contribution in [-0.2, 0) is 9.59 Å². The van der Waals surface area contributed by atoms with Crippen LogP contribution in [0.15, 0.2) is 0 Å². The van der Waals surface area contributed by atoms with Gasteiger partial charge in [0.05, 0.1) is 6.04 Å². The second kappa shape index (κ2) is 5.12. The topological polar surface area (TPSA) is 75.4 Å². The molecule has 2 aliphatic heterocycles. The number of nitrogens with one attached hydrogen (secondary N) is 1. The molecule has 5 heteroatoms. The molecule has 2 aliphatic rings. The van der Waals surface area contributed by atoms with E-state index in [1.165, 1.54) is 0 Å². The van der Waals surface area contributed by atoms with Crippen molar-refractivity contribution in [3.8, 4) is 0 Å². The molecule has 2 rings (SSSR count). The predicted octanol–water partition coefficient (Wildman–Crippen LogP) is 0.487. The van der Waals surface area contributed by atoms with Gasteiger partial charge in [-0.15, -0.1) is 0 Å². The van der Waals surface area contributed by atoms with Gasteiger partial charge in [0, 0.05) is 25.6 Å². The molecule has 2 fully saturated rings. The fourth-order valence-corrected chi connectivity index (χ4v) is 2.88. The van der Waals surface area contributed by atoms with Crippen molar-refractivity contribution in [2.45, 2.75) is 52.1 Å². The van der Waals surface area contributed by atoms with Gasteiger partial charge in [-0.25, -0.2) is 0 Å². The number of likely N-dealkylation sites (tertiary alicyclic amines) is 1. The van der Waals surface area contributed by atoms with E-state index >= 15 is 0 Å². The molecular formula is C14H25N3O2. The average Bonchev–Trinajstić information content (AvgIpc) is 2.35. The lowest BCUT2D eigenvalue weighted by atomic mass is 9.83. The Morgan fingerprint density at radius 3 is 2.74 bits per heavy atom. The zero-order valence-corrected chi connectivity index (χ0v) is 12.1. The minimum absolute atomic E-state index is 0.0443. The third-order valence-electron chi connectivity index (χ3n) is 4.33. The first-order valence-corrected chi connectivity index (χ1v) is 7.13. The first-order valence-electron chi connectivity index (χ1n) is 7.13. The zero-order chi connectivity index (χ0) is 14.2. The largest absolute Gasteiger partial charge is 0.353 e. The molecule has 0 aromatic rings. The molecule has 0 aromatic heterocycles. The number of fused-ring (bicyclic) bond motifs is 1. The first-order chi connectivity index (χ1) is 8.79. The Balaban J connectivity index is 1.97. The molecule has 3 atom stereocenters. The van der Waals surface area contributed by atoms with Crippen LogP contribution in [-0.4, -0.2) is 41.9 Å². The van der Waals surface area contributed by atoms with E-state index in [9.17, 15) is 9.59 Å². The maximum atomic E-state index is 12.4. The van der Waals surface area contributed by atoms with Crippen LogP contribution >= 0.6 is 0 Å². The van der Waals surface area contributed by atoms with Crippen molar-refractivity contribution in [3.05, 3.63) is 0 Å². The van der Waals surface area contributed by atoms with Crippen molar-refractivity contribution in [3.63, 3.8) is 0 Å². The summed E-state index contributed by atoms with van der Waals surface area (Å²) in [7, 11) is 0. The van der Waals surface area contributed by atoms with Gasteiger partial charge in [0.15, 0.2) is 0 Å². The second-order valence-electron chi connectivity index (χ2n) is 6.89. The van der Waals surface area contributed by atoms with E-state index in [0.717, 1.165) is 19.4 Å². The summed E-state index contributed by atoms with van der Waals surface area (Å²) in [6.07, 6.45) is 2.30. The maximum absolute atomic E-state index is 12.4. The van der Waals surface area contributed by atoms with E-state index in [1.807, 2.05) is 25.7 Å². The summed E-state index contributed by atoms with van der Waals surface area (Å²) >= 11 is 0. The van der Waals surface area contributed by atoms with Crippen LogP contribution in [0.1, 0.15) is 40.0 Å². The number of carbonyl (C=O) groups excluding carboxylic acids is 2. The second-order valence-corrected chi connectivity index (χ2v) is 6.89. The van der Waals surface area contributed by atoms with Crippen LogP contribution in [0.2, 0.25) is 0 Å². The summed E-state index contributed by atoms with van der Waals surface area (Å²) < 4.78 is 0. The van der Waals surface area contributed by atoms with E-state index in [0.29, 0.717) is 18.9 Å². The molecule has 0 saturated carbocycles. The van der Waals surface area contributed by atoms with E-state index < -0.39 is 6.04 Å². The van der Waals surface area contributed by atoms with Gasteiger partial charge in [0.25, 0.3) is 0 Å². The lowest BCUT2D eigenvalue weighted by Crippen LogP contribution is -2.58. The Hall–Kier alpha value is -1.10. The number of carbonyl (C=O) groups is 2. The fraction of sp³-hybridized carbons (Fsp3) is 0.857. The van der Waals surface area contributed by atoms with Gasteiger partial charge in [-0.1, -0.05) is 20.8 Å². The minimum atomic E-state index is -0.456. The number of nitrogens with two attached hydrogens (primary N) is 1. The van der Waals surface area contributed by atoms with Crippen LogP contribution < -0.4 is 11.1 Å². The Morgan fingerprint density at radius 1 is 1.42 bits per heavy atom. The van der Waals surface area contributed by atoms with Crippen molar-refractivity contribution >= 4 is 11.8 Å². The molecule has 0 bridgehead atoms. The Morgan fingerprint density at radius 2 is 2.11 bits per heavy atom. The Labute approximate surface area is 114 Å². The van der Waals surface area contributed by atoms with Gasteiger partial charge in [-0.2, -0.15) is 0 Å². The number of nitrogens with zero attached hydrogens (tertiary/aromatic N) is 1. The quantitative estimate of drug-likeness (QED) is 0.726. The summed E-state index contributed by atoms with van der Waals surface area (Å²) in [5.41, 5.74) is 5.84. The van der Waals surface area contributed by atoms with Crippen LogP contribution in [0, 0.1) is 11.3 Å². The molecule has 0 radical (unpaired) electrons. The van der Waals surface area contributed by atoms with Gasteiger partial charge < -0.3 is 16.0 Å². The summed E-state index contributed by atoms with van der Waals surface area (Å²) in [6.45, 7) is 7.40. The Kier molecular flexibility index (Phi) is 3.85. The highest BCUT2D eigenvalue weighted by Gasteiger charge is 2.38. The highest BCUT2D eigenvalue weighted by Crippen LogP contribution is 2.27. The van der Waals surface area contributed by atoms with E-state index in [-0.39, 0.29) is 23.3 Å². The Bertz CT molecular complexity index is 375. The molecule has 108 valence electrons. The van der Waals surface area contributed by atoms with Crippen molar-refractivity contribution in [2.24, 2.45) is 17.1 Å². The number of piperidine rings is 2. The van der Waals surface area contributed by atoms with Gasteiger partial charge in [-0.3, -0.25) is 9.59 Å². The highest BCUT2D eigenvalue weighted by atomic mass is 16.2. The summed E-state index contributed by atoms with van der Waals surface area (Å²) in [5.74, 6) is 0.581. The minimum Gasteiger partial charge on any atom is -0.353 e. The van der Waals surface area contributed by atoms with Crippen molar-refractivity contribution in [2.75, 3.05) is 13.1 Å². The molecule has 2 amide bonds. The molecule has 0 aliphatic carbocycles. The molecule has 2 heterocycles. The van der Waals surface area contributed by atoms with E-state index in [4.69, 9.17) is 5.73 Å². The molecular weight excluding hydrogens is 242 g/mol. The number of hydrogen-bond acceptors (Lipinski definition) is 3. The lowest BCUT2D eigenvalue weighted by Gasteiger charge is -2.43. The third-order valence-corrected chi connectivity index (χ3v) is 4.33. The number of hydrogen-bond donors (Lipinski definition) is 2. The summed E-state index contributed by atoms with van der Waals surface area (Å²) in [6, 6.07) is -0.210. The standard InChI is InChI=1S/C14H25N3O2/c1-14(2,3)12(15)13(19)17-7-6-10-9(8-17)4-5-11(18)16-10/h9-10,12H,4-8,15H2,1-3H3,(H,16,18). The third kappa shape index (κ3) is 3.08. The van der Waals surface area contributed by atoms with Crippen LogP contribution in [0.4, 0.5) is 0 Å². The maximum Gasteiger partial charge on any atom is 0.240 e. The number of amides is 2. The zero-order valence-electron chi connectivity index (χ0n) is 12.1. The van der Waals surface area contributed by atoms with Crippen molar-refractivity contribution in [1.82, 2.24) is 10.2 Å². The summed E-state index contributed by atoms with van der Waals surface area (Å²) in [5, 5.41) is 3.03. The van der Waals surface area contributed by atoms with Crippen molar-refractivity contribution < 1.29 is 9.59 Å². The predicted molar refractivity (Wildman–Crippen MR) is 73.3 cm³/mol. The molecule has 3 unspecified atom stereocenters. The van der Waals surface area contributed by atoms with Gasteiger partial charge in [-0.05, 0) is 24.2 Å². The molecule has 0 spiro atoms. The van der Waals surface area contributed by atoms with E-state index in [1.54, 1.807) is 0 Å². The lowest BCUT2D eigenvalue weighted by molar-refractivity contribution is -0.138. The van der Waals surface area contributed by atoms with Crippen LogP contribution in [0.25, 0.3) is 0 Å². The molecule has 19 heavy (non-hydrogen) atoms. The number of rotatable bonds is 1. The van der Waals surface area contributed by atoms with E-state index in [2.05, 4.69) is 5.32 Å². The van der Waals surface area contributed by atoms with Gasteiger partial charge in [0.1, 0.15) is 0 Å². The SMILES string of the molecule is CC(C)(C)C(N)C(=O)N1CCC2NC(=O)CCC2C1. The smallest absolute Gasteiger partial charge is 0.240 e. The average molecular weight is 267 g/mol. The molecule has 3 N–H and O–H groups in total. The first kappa shape index (κ1) is 14.3. The molecule has 0 aromatic carbocycles. The van der Waals surface area contributed by atoms with Gasteiger partial charge >= 0.3 is 0 Å². The van der Waals surface area contributed by atoms with Gasteiger partial charge in [0.2, 0.25) is 11.8 Å². The highest BCUT2D eigenvalue weighted by molar-refractivity contribution is 5.83. The summed E-state index contributed by atoms with van der Waals surface area (Å²) in [4.78, 5) is 25.6. The fourth-order valence-electron chi connectivity index (χ4n) is 2.88. The molecule has 2 saturated heterocycles. The van der Waals surface area contributed by atoms with Crippen molar-refractivity contribution in [1.29, 1.82) is 0 Å². The normalized spacial score (nSPS) is 29.5.